The molecule has 1 aromatic carbocycles. The summed E-state index contributed by atoms with van der Waals surface area (Å²) in [6, 6.07) is 7.88. The van der Waals surface area contributed by atoms with Crippen LogP contribution in [0.5, 0.6) is 0 Å². The number of likely N-dealkylation sites (N-methyl/N-ethyl adjacent to an activating group) is 1. The average molecular weight is 290 g/mol. The highest BCUT2D eigenvalue weighted by Crippen LogP contribution is 2.11. The van der Waals surface area contributed by atoms with Gasteiger partial charge in [-0.3, -0.25) is 0 Å². The number of aliphatic hydroxyl groups excluding tert-OH is 1. The lowest BCUT2D eigenvalue weighted by Gasteiger charge is -2.20. The smallest absolute Gasteiger partial charge is 0.317 e. The largest absolute Gasteiger partial charge is 0.395 e. The Bertz CT molecular complexity index is 582. The van der Waals surface area contributed by atoms with Crippen LogP contribution in [-0.2, 0) is 6.54 Å². The summed E-state index contributed by atoms with van der Waals surface area (Å²) in [7, 11) is 0. The number of hydrogen-bond donors (Lipinski definition) is 2. The second-order valence-electron chi connectivity index (χ2n) is 4.82. The van der Waals surface area contributed by atoms with Gasteiger partial charge in [0.05, 0.1) is 24.0 Å². The molecule has 0 aliphatic carbocycles. The molecular weight excluding hydrogens is 268 g/mol. The minimum absolute atomic E-state index is 0.0116. The number of imidazole rings is 1. The van der Waals surface area contributed by atoms with E-state index in [-0.39, 0.29) is 12.6 Å². The van der Waals surface area contributed by atoms with Gasteiger partial charge in [-0.05, 0) is 25.5 Å². The van der Waals surface area contributed by atoms with Gasteiger partial charge >= 0.3 is 6.03 Å². The van der Waals surface area contributed by atoms with Crippen LogP contribution in [0.25, 0.3) is 11.0 Å². The van der Waals surface area contributed by atoms with E-state index in [0.717, 1.165) is 24.0 Å². The first-order valence-corrected chi connectivity index (χ1v) is 7.29. The molecule has 1 aromatic heterocycles. The Balaban J connectivity index is 1.78. The minimum atomic E-state index is -0.123. The Morgan fingerprint density at radius 3 is 3.00 bits per heavy atom. The van der Waals surface area contributed by atoms with E-state index in [1.165, 1.54) is 0 Å². The van der Waals surface area contributed by atoms with E-state index in [4.69, 9.17) is 5.11 Å². The first-order valence-electron chi connectivity index (χ1n) is 7.29. The van der Waals surface area contributed by atoms with E-state index in [0.29, 0.717) is 19.6 Å². The van der Waals surface area contributed by atoms with Crippen LogP contribution in [0.1, 0.15) is 13.3 Å². The summed E-state index contributed by atoms with van der Waals surface area (Å²) < 4.78 is 2.09. The topological polar surface area (TPSA) is 70.4 Å². The number of fused-ring (bicyclic) bond motifs is 1. The third-order valence-corrected chi connectivity index (χ3v) is 3.42. The van der Waals surface area contributed by atoms with Gasteiger partial charge in [0.1, 0.15) is 0 Å². The summed E-state index contributed by atoms with van der Waals surface area (Å²) in [4.78, 5) is 17.8. The number of benzene rings is 1. The molecule has 0 fully saturated rings. The number of amides is 2. The monoisotopic (exact) mass is 290 g/mol. The van der Waals surface area contributed by atoms with Crippen molar-refractivity contribution in [2.45, 2.75) is 19.9 Å². The van der Waals surface area contributed by atoms with Crippen molar-refractivity contribution >= 4 is 17.1 Å². The molecule has 0 saturated carbocycles. The number of urea groups is 1. The Labute approximate surface area is 124 Å². The van der Waals surface area contributed by atoms with Crippen LogP contribution in [0.15, 0.2) is 30.6 Å². The van der Waals surface area contributed by atoms with Gasteiger partial charge in [-0.2, -0.15) is 0 Å². The number of rotatable bonds is 7. The molecule has 114 valence electrons. The molecule has 6 nitrogen and oxygen atoms in total. The number of hydrogen-bond acceptors (Lipinski definition) is 3. The third kappa shape index (κ3) is 3.95. The molecule has 21 heavy (non-hydrogen) atoms. The van der Waals surface area contributed by atoms with Gasteiger partial charge in [0, 0.05) is 26.2 Å². The zero-order valence-electron chi connectivity index (χ0n) is 12.3. The SMILES string of the molecule is CCN(CCO)C(=O)NCCCn1cnc2ccccc21. The van der Waals surface area contributed by atoms with Gasteiger partial charge in [-0.25, -0.2) is 9.78 Å². The number of carbonyl (C=O) groups is 1. The Morgan fingerprint density at radius 1 is 1.43 bits per heavy atom. The van der Waals surface area contributed by atoms with Crippen LogP contribution < -0.4 is 5.32 Å². The van der Waals surface area contributed by atoms with E-state index in [1.54, 1.807) is 4.90 Å². The van der Waals surface area contributed by atoms with Gasteiger partial charge in [-0.1, -0.05) is 12.1 Å². The van der Waals surface area contributed by atoms with Gasteiger partial charge in [0.25, 0.3) is 0 Å². The lowest BCUT2D eigenvalue weighted by Crippen LogP contribution is -2.41. The molecule has 0 saturated heterocycles. The van der Waals surface area contributed by atoms with Crippen LogP contribution >= 0.6 is 0 Å². The number of carbonyl (C=O) groups excluding carboxylic acids is 1. The minimum Gasteiger partial charge on any atom is -0.395 e. The molecule has 0 bridgehead atoms. The second kappa shape index (κ2) is 7.64. The summed E-state index contributed by atoms with van der Waals surface area (Å²) in [5.74, 6) is 0. The van der Waals surface area contributed by atoms with Crippen molar-refractivity contribution in [3.05, 3.63) is 30.6 Å². The maximum atomic E-state index is 11.8. The van der Waals surface area contributed by atoms with Crippen molar-refractivity contribution in [1.82, 2.24) is 19.8 Å². The summed E-state index contributed by atoms with van der Waals surface area (Å²) in [6.45, 7) is 4.27. The molecule has 6 heteroatoms. The maximum absolute atomic E-state index is 11.8. The van der Waals surface area contributed by atoms with Crippen LogP contribution in [0.3, 0.4) is 0 Å². The third-order valence-electron chi connectivity index (χ3n) is 3.42. The summed E-state index contributed by atoms with van der Waals surface area (Å²) in [5.41, 5.74) is 2.10. The van der Waals surface area contributed by atoms with Crippen LogP contribution in [-0.4, -0.2) is 51.8 Å². The van der Waals surface area contributed by atoms with Crippen molar-refractivity contribution in [2.75, 3.05) is 26.2 Å². The Morgan fingerprint density at radius 2 is 2.24 bits per heavy atom. The van der Waals surface area contributed by atoms with Crippen molar-refractivity contribution < 1.29 is 9.90 Å². The molecule has 0 aliphatic rings. The van der Waals surface area contributed by atoms with Crippen LogP contribution in [0.2, 0.25) is 0 Å². The van der Waals surface area contributed by atoms with Gasteiger partial charge in [0.15, 0.2) is 0 Å². The summed E-state index contributed by atoms with van der Waals surface area (Å²) in [6.07, 6.45) is 2.67. The Hall–Kier alpha value is -2.08. The lowest BCUT2D eigenvalue weighted by molar-refractivity contribution is 0.180. The molecule has 0 atom stereocenters. The molecule has 2 aromatic rings. The highest BCUT2D eigenvalue weighted by atomic mass is 16.3. The summed E-state index contributed by atoms with van der Waals surface area (Å²) >= 11 is 0. The van der Waals surface area contributed by atoms with E-state index < -0.39 is 0 Å². The fraction of sp³-hybridized carbons (Fsp3) is 0.467. The van der Waals surface area contributed by atoms with Gasteiger partial charge in [-0.15, -0.1) is 0 Å². The fourth-order valence-corrected chi connectivity index (χ4v) is 2.27. The normalized spacial score (nSPS) is 10.8. The molecule has 0 unspecified atom stereocenters. The van der Waals surface area contributed by atoms with E-state index in [2.05, 4.69) is 14.9 Å². The molecular formula is C15H22N4O2. The van der Waals surface area contributed by atoms with Crippen molar-refractivity contribution in [3.8, 4) is 0 Å². The summed E-state index contributed by atoms with van der Waals surface area (Å²) in [5, 5.41) is 11.8. The average Bonchev–Trinajstić information content (AvgIpc) is 2.92. The van der Waals surface area contributed by atoms with Gasteiger partial charge in [0.2, 0.25) is 0 Å². The number of aromatic nitrogens is 2. The van der Waals surface area contributed by atoms with E-state index >= 15 is 0 Å². The maximum Gasteiger partial charge on any atom is 0.317 e. The van der Waals surface area contributed by atoms with E-state index in [9.17, 15) is 4.79 Å². The van der Waals surface area contributed by atoms with Crippen molar-refractivity contribution in [2.24, 2.45) is 0 Å². The molecule has 1 heterocycles. The number of nitrogens with zero attached hydrogens (tertiary/aromatic N) is 3. The molecule has 0 aliphatic heterocycles. The van der Waals surface area contributed by atoms with E-state index in [1.807, 2.05) is 37.5 Å². The first-order chi connectivity index (χ1) is 10.3. The number of aryl methyl sites for hydroxylation is 1. The van der Waals surface area contributed by atoms with Crippen molar-refractivity contribution in [1.29, 1.82) is 0 Å². The van der Waals surface area contributed by atoms with Crippen LogP contribution in [0.4, 0.5) is 4.79 Å². The highest BCUT2D eigenvalue weighted by molar-refractivity contribution is 5.75. The number of aliphatic hydroxyl groups is 1. The molecule has 0 spiro atoms. The van der Waals surface area contributed by atoms with Gasteiger partial charge < -0.3 is 19.9 Å². The second-order valence-corrected chi connectivity index (χ2v) is 4.82. The predicted molar refractivity (Wildman–Crippen MR) is 82.1 cm³/mol. The highest BCUT2D eigenvalue weighted by Gasteiger charge is 2.09. The quantitative estimate of drug-likeness (QED) is 0.758. The molecule has 0 radical (unpaired) electrons. The predicted octanol–water partition coefficient (Wildman–Crippen LogP) is 1.45. The molecule has 2 amide bonds. The molecule has 2 N–H and O–H groups in total. The number of nitrogens with one attached hydrogen (secondary N) is 1. The fourth-order valence-electron chi connectivity index (χ4n) is 2.27. The van der Waals surface area contributed by atoms with Crippen LogP contribution in [0, 0.1) is 0 Å². The molecule has 2 rings (SSSR count). The Kier molecular flexibility index (Phi) is 5.57. The number of para-hydroxylation sites is 2. The first kappa shape index (κ1) is 15.3. The standard InChI is InChI=1S/C15H22N4O2/c1-2-18(10-11-20)15(21)16-8-5-9-19-12-17-13-6-3-4-7-14(13)19/h3-4,6-7,12,20H,2,5,8-11H2,1H3,(H,16,21). The zero-order valence-corrected chi connectivity index (χ0v) is 12.3. The zero-order chi connectivity index (χ0) is 15.1. The lowest BCUT2D eigenvalue weighted by atomic mass is 10.3. The van der Waals surface area contributed by atoms with Crippen molar-refractivity contribution in [3.63, 3.8) is 0 Å².